The summed E-state index contributed by atoms with van der Waals surface area (Å²) in [5.41, 5.74) is 0. The summed E-state index contributed by atoms with van der Waals surface area (Å²) in [5, 5.41) is 0. The van der Waals surface area contributed by atoms with Crippen LogP contribution in [0.15, 0.2) is 72.9 Å². The maximum atomic E-state index is 12.9. The van der Waals surface area contributed by atoms with Crippen LogP contribution < -0.4 is 0 Å². The fourth-order valence-corrected chi connectivity index (χ4v) is 9.88. The highest BCUT2D eigenvalue weighted by molar-refractivity contribution is 5.71. The van der Waals surface area contributed by atoms with Crippen molar-refractivity contribution >= 4 is 17.9 Å². The lowest BCUT2D eigenvalue weighted by Crippen LogP contribution is -2.30. The Morgan fingerprint density at radius 3 is 0.808 bits per heavy atom. The number of unbranched alkanes of at least 4 members (excludes halogenated alkanes) is 39. The van der Waals surface area contributed by atoms with Gasteiger partial charge in [-0.05, 0) is 89.9 Å². The molecule has 0 aliphatic rings. The van der Waals surface area contributed by atoms with Gasteiger partial charge in [-0.25, -0.2) is 0 Å². The lowest BCUT2D eigenvalue weighted by Gasteiger charge is -2.18. The molecule has 452 valence electrons. The molecule has 0 saturated heterocycles. The standard InChI is InChI=1S/C72H128O6/c1-4-7-10-13-16-19-22-25-28-29-30-31-32-33-34-35-36-37-38-39-40-41-42-43-45-47-50-53-56-59-62-65-71(74)77-68-69(67-76-70(73)64-61-58-55-52-49-46-27-24-21-18-15-12-9-6-3)78-72(75)66-63-60-57-54-51-48-44-26-23-20-17-14-11-8-5-2/h8,11,17,20,22,25-26,29-30,44,51,54,69H,4-7,9-10,12-16,18-19,21,23-24,27-28,31-43,45-50,52-53,55-68H2,1-3H3/b11-8-,20-17-,25-22-,30-29-,44-26-,54-51-. The van der Waals surface area contributed by atoms with Crippen LogP contribution in [0.25, 0.3) is 0 Å². The van der Waals surface area contributed by atoms with Gasteiger partial charge in [0.1, 0.15) is 13.2 Å². The number of rotatable bonds is 62. The minimum Gasteiger partial charge on any atom is -0.462 e. The number of hydrogen-bond donors (Lipinski definition) is 0. The van der Waals surface area contributed by atoms with Gasteiger partial charge < -0.3 is 14.2 Å². The molecule has 0 aliphatic carbocycles. The number of hydrogen-bond acceptors (Lipinski definition) is 6. The molecule has 0 aromatic heterocycles. The van der Waals surface area contributed by atoms with E-state index >= 15 is 0 Å². The zero-order valence-corrected chi connectivity index (χ0v) is 51.9. The van der Waals surface area contributed by atoms with Gasteiger partial charge in [0.2, 0.25) is 0 Å². The lowest BCUT2D eigenvalue weighted by atomic mass is 10.0. The van der Waals surface area contributed by atoms with Gasteiger partial charge in [-0.3, -0.25) is 14.4 Å². The van der Waals surface area contributed by atoms with Gasteiger partial charge in [0.25, 0.3) is 0 Å². The molecule has 0 N–H and O–H groups in total. The predicted molar refractivity (Wildman–Crippen MR) is 339 cm³/mol. The molecule has 0 rings (SSSR count). The Hall–Kier alpha value is -3.15. The van der Waals surface area contributed by atoms with Gasteiger partial charge >= 0.3 is 17.9 Å². The van der Waals surface area contributed by atoms with Gasteiger partial charge in [-0.2, -0.15) is 0 Å². The summed E-state index contributed by atoms with van der Waals surface area (Å²) in [7, 11) is 0. The molecule has 1 atom stereocenters. The van der Waals surface area contributed by atoms with Crippen molar-refractivity contribution in [3.8, 4) is 0 Å². The van der Waals surface area contributed by atoms with Crippen LogP contribution in [-0.2, 0) is 28.6 Å². The minimum atomic E-state index is -0.795. The Balaban J connectivity index is 4.18. The van der Waals surface area contributed by atoms with E-state index in [9.17, 15) is 14.4 Å². The van der Waals surface area contributed by atoms with Crippen LogP contribution in [-0.4, -0.2) is 37.2 Å². The second kappa shape index (κ2) is 66.4. The van der Waals surface area contributed by atoms with Crippen LogP contribution in [0.5, 0.6) is 0 Å². The number of carbonyl (C=O) groups is 3. The van der Waals surface area contributed by atoms with Gasteiger partial charge in [-0.1, -0.05) is 312 Å². The molecule has 0 bridgehead atoms. The van der Waals surface area contributed by atoms with E-state index in [0.717, 1.165) is 83.5 Å². The summed E-state index contributed by atoms with van der Waals surface area (Å²) in [6, 6.07) is 0. The predicted octanol–water partition coefficient (Wildman–Crippen LogP) is 23.3. The maximum absolute atomic E-state index is 12.9. The number of allylic oxidation sites excluding steroid dienone is 12. The highest BCUT2D eigenvalue weighted by Gasteiger charge is 2.19. The molecule has 78 heavy (non-hydrogen) atoms. The Labute approximate surface area is 484 Å². The van der Waals surface area contributed by atoms with Gasteiger partial charge in [0, 0.05) is 19.3 Å². The van der Waals surface area contributed by atoms with E-state index in [1.54, 1.807) is 0 Å². The molecule has 0 spiro atoms. The monoisotopic (exact) mass is 1090 g/mol. The van der Waals surface area contributed by atoms with Crippen molar-refractivity contribution in [3.63, 3.8) is 0 Å². The topological polar surface area (TPSA) is 78.9 Å². The number of ether oxygens (including phenoxy) is 3. The number of esters is 3. The van der Waals surface area contributed by atoms with Crippen molar-refractivity contribution < 1.29 is 28.6 Å². The molecular weight excluding hydrogens is 961 g/mol. The summed E-state index contributed by atoms with van der Waals surface area (Å²) in [6.45, 7) is 6.52. The molecule has 0 heterocycles. The Kier molecular flexibility index (Phi) is 63.7. The zero-order chi connectivity index (χ0) is 56.4. The van der Waals surface area contributed by atoms with E-state index in [2.05, 4.69) is 93.7 Å². The fraction of sp³-hybridized carbons (Fsp3) is 0.792. The number of carbonyl (C=O) groups excluding carboxylic acids is 3. The van der Waals surface area contributed by atoms with Crippen LogP contribution in [0.2, 0.25) is 0 Å². The normalized spacial score (nSPS) is 12.5. The average molecular weight is 1090 g/mol. The Morgan fingerprint density at radius 2 is 0.500 bits per heavy atom. The van der Waals surface area contributed by atoms with Crippen LogP contribution in [0.4, 0.5) is 0 Å². The van der Waals surface area contributed by atoms with Crippen molar-refractivity contribution in [1.82, 2.24) is 0 Å². The largest absolute Gasteiger partial charge is 0.462 e. The van der Waals surface area contributed by atoms with Crippen LogP contribution in [0, 0.1) is 0 Å². The summed E-state index contributed by atoms with van der Waals surface area (Å²) in [5.74, 6) is -0.911. The third-order valence-electron chi connectivity index (χ3n) is 14.9. The van der Waals surface area contributed by atoms with E-state index in [1.807, 2.05) is 0 Å². The SMILES string of the molecule is CC/C=C\C/C=C\C/C=C\C/C=C\CCCCC(=O)OC(COC(=O)CCCCCCCCCCCCCCCC)COC(=O)CCCCCCCCCCCCCCCCCCCCC/C=C\C/C=C\CCCCCCC. The second-order valence-electron chi connectivity index (χ2n) is 22.7. The molecule has 1 unspecified atom stereocenters. The molecule has 0 aromatic carbocycles. The van der Waals surface area contributed by atoms with Crippen LogP contribution in [0.1, 0.15) is 348 Å². The first-order valence-electron chi connectivity index (χ1n) is 33.9. The summed E-state index contributed by atoms with van der Waals surface area (Å²) >= 11 is 0. The van der Waals surface area contributed by atoms with E-state index < -0.39 is 6.10 Å². The molecule has 0 aliphatic heterocycles. The first-order chi connectivity index (χ1) is 38.5. The van der Waals surface area contributed by atoms with E-state index in [1.165, 1.54) is 218 Å². The van der Waals surface area contributed by atoms with Crippen molar-refractivity contribution in [1.29, 1.82) is 0 Å². The van der Waals surface area contributed by atoms with Crippen molar-refractivity contribution in [2.45, 2.75) is 354 Å². The van der Waals surface area contributed by atoms with Gasteiger partial charge in [0.05, 0.1) is 0 Å². The maximum Gasteiger partial charge on any atom is 0.306 e. The molecule has 6 nitrogen and oxygen atoms in total. The van der Waals surface area contributed by atoms with Crippen LogP contribution in [0.3, 0.4) is 0 Å². The van der Waals surface area contributed by atoms with E-state index in [-0.39, 0.29) is 37.5 Å². The third-order valence-corrected chi connectivity index (χ3v) is 14.9. The smallest absolute Gasteiger partial charge is 0.306 e. The average Bonchev–Trinajstić information content (AvgIpc) is 3.44. The lowest BCUT2D eigenvalue weighted by molar-refractivity contribution is -0.167. The minimum absolute atomic E-state index is 0.0877. The van der Waals surface area contributed by atoms with Gasteiger partial charge in [-0.15, -0.1) is 0 Å². The quantitative estimate of drug-likeness (QED) is 0.0261. The first-order valence-corrected chi connectivity index (χ1v) is 33.9. The summed E-state index contributed by atoms with van der Waals surface area (Å²) in [6.07, 6.45) is 86.5. The Bertz CT molecular complexity index is 1440. The molecule has 6 heteroatoms. The van der Waals surface area contributed by atoms with Crippen molar-refractivity contribution in [2.75, 3.05) is 13.2 Å². The summed E-state index contributed by atoms with van der Waals surface area (Å²) in [4.78, 5) is 38.3. The second-order valence-corrected chi connectivity index (χ2v) is 22.7. The molecular formula is C72H128O6. The summed E-state index contributed by atoms with van der Waals surface area (Å²) < 4.78 is 16.9. The highest BCUT2D eigenvalue weighted by atomic mass is 16.6. The highest BCUT2D eigenvalue weighted by Crippen LogP contribution is 2.18. The van der Waals surface area contributed by atoms with Crippen molar-refractivity contribution in [3.05, 3.63) is 72.9 Å². The first kappa shape index (κ1) is 74.8. The van der Waals surface area contributed by atoms with E-state index in [0.29, 0.717) is 19.3 Å². The Morgan fingerprint density at radius 1 is 0.269 bits per heavy atom. The van der Waals surface area contributed by atoms with Crippen LogP contribution >= 0.6 is 0 Å². The molecule has 0 amide bonds. The third kappa shape index (κ3) is 63.7. The molecule has 0 saturated carbocycles. The molecule has 0 radical (unpaired) electrons. The van der Waals surface area contributed by atoms with Gasteiger partial charge in [0.15, 0.2) is 6.10 Å². The van der Waals surface area contributed by atoms with Crippen molar-refractivity contribution in [2.24, 2.45) is 0 Å². The molecule has 0 fully saturated rings. The molecule has 0 aromatic rings. The fourth-order valence-electron chi connectivity index (χ4n) is 9.88. The van der Waals surface area contributed by atoms with E-state index in [4.69, 9.17) is 14.2 Å². The zero-order valence-electron chi connectivity index (χ0n) is 51.9.